The lowest BCUT2D eigenvalue weighted by Gasteiger charge is -2.09. The van der Waals surface area contributed by atoms with Gasteiger partial charge in [-0.05, 0) is 24.3 Å². The molecule has 0 saturated carbocycles. The lowest BCUT2D eigenvalue weighted by atomic mass is 10.2. The Bertz CT molecular complexity index is 897. The average Bonchev–Trinajstić information content (AvgIpc) is 2.48. The maximum absolute atomic E-state index is 13.3. The summed E-state index contributed by atoms with van der Waals surface area (Å²) < 4.78 is 39.8. The van der Waals surface area contributed by atoms with E-state index in [4.69, 9.17) is 5.11 Å². The van der Waals surface area contributed by atoms with E-state index in [0.29, 0.717) is 0 Å². The van der Waals surface area contributed by atoms with Crippen molar-refractivity contribution in [2.45, 2.75) is 4.90 Å². The summed E-state index contributed by atoms with van der Waals surface area (Å²) in [5, 5.41) is 19.7. The van der Waals surface area contributed by atoms with Crippen molar-refractivity contribution in [2.75, 3.05) is 4.72 Å². The van der Waals surface area contributed by atoms with Crippen molar-refractivity contribution in [1.29, 1.82) is 0 Å². The molecule has 0 heterocycles. The summed E-state index contributed by atoms with van der Waals surface area (Å²) in [4.78, 5) is 20.3. The number of nitrogens with one attached hydrogen (secondary N) is 1. The number of sulfonamides is 1. The van der Waals surface area contributed by atoms with E-state index in [0.717, 1.165) is 30.3 Å². The molecule has 0 unspecified atom stereocenters. The summed E-state index contributed by atoms with van der Waals surface area (Å²) >= 11 is 0. The number of hydrogen-bond acceptors (Lipinski definition) is 5. The second kappa shape index (κ2) is 6.01. The molecule has 0 aliphatic heterocycles. The van der Waals surface area contributed by atoms with Gasteiger partial charge in [0.25, 0.3) is 15.7 Å². The largest absolute Gasteiger partial charge is 0.478 e. The number of carboxylic acid groups (broad SMARTS) is 1. The van der Waals surface area contributed by atoms with Gasteiger partial charge >= 0.3 is 5.97 Å². The summed E-state index contributed by atoms with van der Waals surface area (Å²) in [6, 6.07) is 7.22. The van der Waals surface area contributed by atoms with E-state index in [1.807, 2.05) is 4.72 Å². The minimum Gasteiger partial charge on any atom is -0.478 e. The lowest BCUT2D eigenvalue weighted by molar-refractivity contribution is -0.387. The van der Waals surface area contributed by atoms with Gasteiger partial charge in [0.05, 0.1) is 10.5 Å². The standard InChI is InChI=1S/C13H9FN2O6S/c14-10-6-5-8(7-9(10)13(17)18)15-23(21,22)12-4-2-1-3-11(12)16(19)20/h1-7,15H,(H,17,18). The van der Waals surface area contributed by atoms with E-state index in [-0.39, 0.29) is 5.69 Å². The van der Waals surface area contributed by atoms with Gasteiger partial charge in [-0.2, -0.15) is 0 Å². The number of carbonyl (C=O) groups is 1. The Balaban J connectivity index is 2.46. The molecule has 0 amide bonds. The molecule has 2 N–H and O–H groups in total. The van der Waals surface area contributed by atoms with Crippen LogP contribution in [0.25, 0.3) is 0 Å². The number of rotatable bonds is 5. The molecule has 23 heavy (non-hydrogen) atoms. The van der Waals surface area contributed by atoms with Crippen LogP contribution < -0.4 is 4.72 Å². The van der Waals surface area contributed by atoms with Gasteiger partial charge < -0.3 is 5.11 Å². The predicted octanol–water partition coefficient (Wildman–Crippen LogP) is 2.23. The fourth-order valence-corrected chi connectivity index (χ4v) is 3.02. The first kappa shape index (κ1) is 16.4. The second-order valence-corrected chi connectivity index (χ2v) is 5.98. The van der Waals surface area contributed by atoms with Crippen LogP contribution in [0.3, 0.4) is 0 Å². The van der Waals surface area contributed by atoms with Crippen molar-refractivity contribution in [3.63, 3.8) is 0 Å². The first-order chi connectivity index (χ1) is 10.7. The van der Waals surface area contributed by atoms with Gasteiger partial charge in [0.1, 0.15) is 5.82 Å². The number of nitro benzene ring substituents is 1. The van der Waals surface area contributed by atoms with Crippen LogP contribution in [0.2, 0.25) is 0 Å². The van der Waals surface area contributed by atoms with E-state index in [2.05, 4.69) is 0 Å². The molecule has 2 rings (SSSR count). The van der Waals surface area contributed by atoms with Crippen molar-refractivity contribution in [1.82, 2.24) is 0 Å². The highest BCUT2D eigenvalue weighted by atomic mass is 32.2. The summed E-state index contributed by atoms with van der Waals surface area (Å²) in [5.74, 6) is -2.61. The number of nitro groups is 1. The van der Waals surface area contributed by atoms with Crippen LogP contribution in [0.4, 0.5) is 15.8 Å². The number of anilines is 1. The Morgan fingerprint density at radius 2 is 1.87 bits per heavy atom. The maximum Gasteiger partial charge on any atom is 0.338 e. The smallest absolute Gasteiger partial charge is 0.338 e. The molecule has 0 aliphatic carbocycles. The number of aromatic carboxylic acids is 1. The highest BCUT2D eigenvalue weighted by Gasteiger charge is 2.25. The Morgan fingerprint density at radius 1 is 1.22 bits per heavy atom. The number of hydrogen-bond donors (Lipinski definition) is 2. The van der Waals surface area contributed by atoms with Gasteiger partial charge in [0, 0.05) is 11.8 Å². The first-order valence-electron chi connectivity index (χ1n) is 6.01. The number of benzene rings is 2. The molecule has 0 spiro atoms. The van der Waals surface area contributed by atoms with E-state index in [1.54, 1.807) is 0 Å². The van der Waals surface area contributed by atoms with E-state index < -0.39 is 42.9 Å². The summed E-state index contributed by atoms with van der Waals surface area (Å²) in [6.45, 7) is 0. The van der Waals surface area contributed by atoms with Gasteiger partial charge in [0.2, 0.25) is 0 Å². The van der Waals surface area contributed by atoms with Crippen LogP contribution in [0, 0.1) is 15.9 Å². The quantitative estimate of drug-likeness (QED) is 0.635. The summed E-state index contributed by atoms with van der Waals surface area (Å²) in [6.07, 6.45) is 0. The molecule has 0 aliphatic rings. The molecule has 2 aromatic carbocycles. The number of halogens is 1. The van der Waals surface area contributed by atoms with Gasteiger partial charge in [0.15, 0.2) is 4.90 Å². The molecule has 0 aromatic heterocycles. The minimum absolute atomic E-state index is 0.234. The highest BCUT2D eigenvalue weighted by molar-refractivity contribution is 7.92. The van der Waals surface area contributed by atoms with Gasteiger partial charge in [-0.15, -0.1) is 0 Å². The molecule has 0 fully saturated rings. The van der Waals surface area contributed by atoms with Crippen LogP contribution in [-0.4, -0.2) is 24.4 Å². The summed E-state index contributed by atoms with van der Waals surface area (Å²) in [5.41, 5.74) is -1.60. The van der Waals surface area contributed by atoms with Crippen molar-refractivity contribution >= 4 is 27.4 Å². The molecule has 120 valence electrons. The Labute approximate surface area is 129 Å². The SMILES string of the molecule is O=C(O)c1cc(NS(=O)(=O)c2ccccc2[N+](=O)[O-])ccc1F. The third kappa shape index (κ3) is 3.43. The predicted molar refractivity (Wildman–Crippen MR) is 77.3 cm³/mol. The molecule has 2 aromatic rings. The topological polar surface area (TPSA) is 127 Å². The zero-order chi connectivity index (χ0) is 17.2. The minimum atomic E-state index is -4.35. The van der Waals surface area contributed by atoms with Crippen LogP contribution in [0.5, 0.6) is 0 Å². The third-order valence-electron chi connectivity index (χ3n) is 2.80. The van der Waals surface area contributed by atoms with Crippen molar-refractivity contribution < 1.29 is 27.6 Å². The zero-order valence-electron chi connectivity index (χ0n) is 11.3. The normalized spacial score (nSPS) is 11.0. The molecule has 8 nitrogen and oxygen atoms in total. The van der Waals surface area contributed by atoms with Crippen LogP contribution in [-0.2, 0) is 10.0 Å². The third-order valence-corrected chi connectivity index (χ3v) is 4.23. The molecule has 10 heteroatoms. The fourth-order valence-electron chi connectivity index (χ4n) is 1.80. The van der Waals surface area contributed by atoms with Gasteiger partial charge in [-0.1, -0.05) is 12.1 Å². The molecule has 0 bridgehead atoms. The number of nitrogens with zero attached hydrogens (tertiary/aromatic N) is 1. The Morgan fingerprint density at radius 3 is 2.48 bits per heavy atom. The van der Waals surface area contributed by atoms with Crippen LogP contribution in [0.15, 0.2) is 47.4 Å². The van der Waals surface area contributed by atoms with E-state index >= 15 is 0 Å². The number of carboxylic acids is 1. The van der Waals surface area contributed by atoms with Gasteiger partial charge in [-0.3, -0.25) is 14.8 Å². The lowest BCUT2D eigenvalue weighted by Crippen LogP contribution is -2.15. The monoisotopic (exact) mass is 340 g/mol. The van der Waals surface area contributed by atoms with Crippen molar-refractivity contribution in [3.8, 4) is 0 Å². The van der Waals surface area contributed by atoms with Crippen molar-refractivity contribution in [2.24, 2.45) is 0 Å². The highest BCUT2D eigenvalue weighted by Crippen LogP contribution is 2.26. The van der Waals surface area contributed by atoms with Gasteiger partial charge in [-0.25, -0.2) is 17.6 Å². The van der Waals surface area contributed by atoms with Crippen LogP contribution >= 0.6 is 0 Å². The number of para-hydroxylation sites is 1. The molecule has 0 radical (unpaired) electrons. The first-order valence-corrected chi connectivity index (χ1v) is 7.50. The molecule has 0 saturated heterocycles. The average molecular weight is 340 g/mol. The van der Waals surface area contributed by atoms with Crippen molar-refractivity contribution in [3.05, 3.63) is 64.0 Å². The Kier molecular flexibility index (Phi) is 4.27. The van der Waals surface area contributed by atoms with E-state index in [9.17, 15) is 27.7 Å². The molecule has 0 atom stereocenters. The maximum atomic E-state index is 13.3. The van der Waals surface area contributed by atoms with E-state index in [1.165, 1.54) is 12.1 Å². The zero-order valence-corrected chi connectivity index (χ0v) is 12.1. The Hall–Kier alpha value is -3.01. The molecular weight excluding hydrogens is 331 g/mol. The second-order valence-electron chi connectivity index (χ2n) is 4.33. The molecular formula is C13H9FN2O6S. The summed E-state index contributed by atoms with van der Waals surface area (Å²) in [7, 11) is -4.35. The van der Waals surface area contributed by atoms with Crippen LogP contribution in [0.1, 0.15) is 10.4 Å². The fraction of sp³-hybridized carbons (Fsp3) is 0.